The second-order valence-corrected chi connectivity index (χ2v) is 2.08. The van der Waals surface area contributed by atoms with E-state index >= 15 is 0 Å². The van der Waals surface area contributed by atoms with Crippen LogP contribution >= 0.6 is 0 Å². The van der Waals surface area contributed by atoms with Gasteiger partial charge in [-0.15, -0.1) is 10.2 Å². The number of hydrogen-bond acceptors (Lipinski definition) is 5. The first-order valence-corrected chi connectivity index (χ1v) is 3.16. The normalized spacial score (nSPS) is 10.4. The van der Waals surface area contributed by atoms with Gasteiger partial charge in [0.1, 0.15) is 0 Å². The van der Waals surface area contributed by atoms with Crippen molar-refractivity contribution in [1.82, 2.24) is 25.6 Å². The fourth-order valence-electron chi connectivity index (χ4n) is 0.888. The van der Waals surface area contributed by atoms with E-state index in [9.17, 15) is 4.79 Å². The Bertz CT molecular complexity index is 458. The maximum atomic E-state index is 11.0. The predicted molar refractivity (Wildman–Crippen MR) is 38.9 cm³/mol. The number of hydrogen-bond donors (Lipinski definition) is 2. The summed E-state index contributed by atoms with van der Waals surface area (Å²) in [5.41, 5.74) is 0.141. The number of ether oxygens (including phenoxy) is 1. The lowest BCUT2D eigenvalue weighted by molar-refractivity contribution is 0.396. The van der Waals surface area contributed by atoms with Gasteiger partial charge in [0.15, 0.2) is 11.0 Å². The molecular weight excluding hydrogens is 162 g/mol. The van der Waals surface area contributed by atoms with Crippen LogP contribution in [0, 0.1) is 0 Å². The summed E-state index contributed by atoms with van der Waals surface area (Å²) >= 11 is 0. The molecular formula is C5H5N5O2. The molecule has 2 heterocycles. The Morgan fingerprint density at radius 3 is 2.75 bits per heavy atom. The zero-order chi connectivity index (χ0) is 8.55. The molecule has 0 amide bonds. The number of aromatic amines is 2. The van der Waals surface area contributed by atoms with Crippen LogP contribution in [-0.4, -0.2) is 32.7 Å². The summed E-state index contributed by atoms with van der Waals surface area (Å²) in [6, 6.07) is 0. The molecule has 0 radical (unpaired) electrons. The first-order chi connectivity index (χ1) is 5.83. The highest BCUT2D eigenvalue weighted by atomic mass is 16.5. The highest BCUT2D eigenvalue weighted by Gasteiger charge is 2.09. The molecule has 2 aromatic heterocycles. The number of nitrogens with one attached hydrogen (secondary N) is 2. The van der Waals surface area contributed by atoms with Gasteiger partial charge in [-0.25, -0.2) is 5.10 Å². The van der Waals surface area contributed by atoms with Crippen molar-refractivity contribution in [2.24, 2.45) is 0 Å². The van der Waals surface area contributed by atoms with E-state index in [0.29, 0.717) is 5.52 Å². The van der Waals surface area contributed by atoms with E-state index in [1.807, 2.05) is 0 Å². The number of rotatable bonds is 1. The molecule has 0 aromatic carbocycles. The smallest absolute Gasteiger partial charge is 0.294 e. The third-order valence-electron chi connectivity index (χ3n) is 1.42. The highest BCUT2D eigenvalue weighted by molar-refractivity contribution is 5.76. The monoisotopic (exact) mass is 167 g/mol. The summed E-state index contributed by atoms with van der Waals surface area (Å²) in [6.07, 6.45) is 0. The molecule has 0 aliphatic heterocycles. The Kier molecular flexibility index (Phi) is 1.29. The van der Waals surface area contributed by atoms with Gasteiger partial charge in [-0.1, -0.05) is 0 Å². The SMILES string of the molecule is COc1n[nH]c(=O)c2n[nH]nc12. The number of aromatic nitrogens is 5. The van der Waals surface area contributed by atoms with Crippen LogP contribution in [0.2, 0.25) is 0 Å². The summed E-state index contributed by atoms with van der Waals surface area (Å²) < 4.78 is 4.84. The van der Waals surface area contributed by atoms with E-state index in [1.165, 1.54) is 7.11 Å². The van der Waals surface area contributed by atoms with Gasteiger partial charge in [0.25, 0.3) is 11.4 Å². The van der Waals surface area contributed by atoms with Crippen molar-refractivity contribution in [3.05, 3.63) is 10.4 Å². The molecule has 62 valence electrons. The maximum absolute atomic E-state index is 11.0. The van der Waals surface area contributed by atoms with Gasteiger partial charge in [-0.2, -0.15) is 10.3 Å². The Morgan fingerprint density at radius 1 is 1.25 bits per heavy atom. The van der Waals surface area contributed by atoms with Crippen molar-refractivity contribution in [3.8, 4) is 5.88 Å². The number of methoxy groups -OCH3 is 1. The third-order valence-corrected chi connectivity index (χ3v) is 1.42. The van der Waals surface area contributed by atoms with Crippen molar-refractivity contribution in [2.45, 2.75) is 0 Å². The van der Waals surface area contributed by atoms with Gasteiger partial charge >= 0.3 is 0 Å². The molecule has 0 atom stereocenters. The molecule has 0 aliphatic carbocycles. The van der Waals surface area contributed by atoms with Gasteiger partial charge in [-0.3, -0.25) is 4.79 Å². The van der Waals surface area contributed by atoms with E-state index in [2.05, 4.69) is 25.6 Å². The molecule has 7 nitrogen and oxygen atoms in total. The van der Waals surface area contributed by atoms with Crippen LogP contribution < -0.4 is 10.3 Å². The van der Waals surface area contributed by atoms with E-state index in [4.69, 9.17) is 4.74 Å². The molecule has 2 N–H and O–H groups in total. The summed E-state index contributed by atoms with van der Waals surface area (Å²) in [7, 11) is 1.44. The molecule has 0 fully saturated rings. The minimum Gasteiger partial charge on any atom is -0.478 e. The zero-order valence-corrected chi connectivity index (χ0v) is 6.16. The molecule has 0 bridgehead atoms. The van der Waals surface area contributed by atoms with Gasteiger partial charge in [0, 0.05) is 0 Å². The average molecular weight is 167 g/mol. The number of H-pyrrole nitrogens is 2. The molecule has 12 heavy (non-hydrogen) atoms. The minimum absolute atomic E-state index is 0.196. The molecule has 2 aromatic rings. The fraction of sp³-hybridized carbons (Fsp3) is 0.200. The second-order valence-electron chi connectivity index (χ2n) is 2.08. The Morgan fingerprint density at radius 2 is 2.00 bits per heavy atom. The van der Waals surface area contributed by atoms with Crippen LogP contribution in [0.5, 0.6) is 5.88 Å². The van der Waals surface area contributed by atoms with Crippen LogP contribution in [0.4, 0.5) is 0 Å². The Labute approximate surface area is 65.7 Å². The molecule has 0 saturated carbocycles. The van der Waals surface area contributed by atoms with Crippen molar-refractivity contribution < 1.29 is 4.74 Å². The topological polar surface area (TPSA) is 96.5 Å². The molecule has 2 rings (SSSR count). The predicted octanol–water partition coefficient (Wildman–Crippen LogP) is -0.950. The number of nitrogens with zero attached hydrogens (tertiary/aromatic N) is 3. The number of fused-ring (bicyclic) bond motifs is 1. The summed E-state index contributed by atoms with van der Waals surface area (Å²) in [4.78, 5) is 11.0. The van der Waals surface area contributed by atoms with E-state index in [1.54, 1.807) is 0 Å². The van der Waals surface area contributed by atoms with Crippen molar-refractivity contribution in [3.63, 3.8) is 0 Å². The van der Waals surface area contributed by atoms with Gasteiger partial charge in [-0.05, 0) is 0 Å². The van der Waals surface area contributed by atoms with Crippen LogP contribution in [0.3, 0.4) is 0 Å². The Balaban J connectivity index is 2.92. The zero-order valence-electron chi connectivity index (χ0n) is 6.16. The fourth-order valence-corrected chi connectivity index (χ4v) is 0.888. The lowest BCUT2D eigenvalue weighted by Gasteiger charge is -1.94. The highest BCUT2D eigenvalue weighted by Crippen LogP contribution is 2.12. The molecule has 7 heteroatoms. The van der Waals surface area contributed by atoms with Crippen molar-refractivity contribution in [2.75, 3.05) is 7.11 Å². The molecule has 0 unspecified atom stereocenters. The third kappa shape index (κ3) is 0.760. The van der Waals surface area contributed by atoms with Crippen LogP contribution in [-0.2, 0) is 0 Å². The van der Waals surface area contributed by atoms with Crippen molar-refractivity contribution in [1.29, 1.82) is 0 Å². The van der Waals surface area contributed by atoms with E-state index in [-0.39, 0.29) is 17.0 Å². The van der Waals surface area contributed by atoms with Gasteiger partial charge in [0.2, 0.25) is 0 Å². The Hall–Kier alpha value is -1.92. The van der Waals surface area contributed by atoms with Crippen LogP contribution in [0.1, 0.15) is 0 Å². The van der Waals surface area contributed by atoms with E-state index in [0.717, 1.165) is 0 Å². The van der Waals surface area contributed by atoms with Crippen molar-refractivity contribution >= 4 is 11.0 Å². The maximum Gasteiger partial charge on any atom is 0.294 e. The molecule has 0 spiro atoms. The van der Waals surface area contributed by atoms with Crippen LogP contribution in [0.25, 0.3) is 11.0 Å². The summed E-state index contributed by atoms with van der Waals surface area (Å²) in [5, 5.41) is 15.5. The first-order valence-electron chi connectivity index (χ1n) is 3.16. The largest absolute Gasteiger partial charge is 0.478 e. The minimum atomic E-state index is -0.389. The summed E-state index contributed by atoms with van der Waals surface area (Å²) in [5.74, 6) is 0.248. The molecule has 0 aliphatic rings. The lowest BCUT2D eigenvalue weighted by Crippen LogP contribution is -2.09. The summed E-state index contributed by atoms with van der Waals surface area (Å²) in [6.45, 7) is 0. The molecule has 0 saturated heterocycles. The van der Waals surface area contributed by atoms with Gasteiger partial charge < -0.3 is 4.74 Å². The first kappa shape index (κ1) is 6.77. The van der Waals surface area contributed by atoms with Gasteiger partial charge in [0.05, 0.1) is 7.11 Å². The average Bonchev–Trinajstić information content (AvgIpc) is 2.54. The van der Waals surface area contributed by atoms with Crippen LogP contribution in [0.15, 0.2) is 4.79 Å². The quantitative estimate of drug-likeness (QED) is 0.570. The second kappa shape index (κ2) is 2.29. The van der Waals surface area contributed by atoms with E-state index < -0.39 is 0 Å². The lowest BCUT2D eigenvalue weighted by atomic mass is 10.4. The standard InChI is InChI=1S/C5H5N5O2/c1-12-5-3-2(6-10-7-3)4(11)8-9-5/h1H3,(H,8,11)(H,6,7,10).